The summed E-state index contributed by atoms with van der Waals surface area (Å²) in [6.07, 6.45) is 1.05. The third kappa shape index (κ3) is 5.45. The molecule has 98 valence electrons. The zero-order valence-electron chi connectivity index (χ0n) is 10.1. The maximum atomic E-state index is 10.9. The first-order valence-corrected chi connectivity index (χ1v) is 5.88. The summed E-state index contributed by atoms with van der Waals surface area (Å²) < 4.78 is 0. The molecule has 1 atom stereocenters. The van der Waals surface area contributed by atoms with Crippen molar-refractivity contribution < 1.29 is 14.7 Å². The highest BCUT2D eigenvalue weighted by molar-refractivity contribution is 5.77. The Bertz CT molecular complexity index is 392. The number of nitrogens with two attached hydrogens (primary N) is 1. The lowest BCUT2D eigenvalue weighted by molar-refractivity contribution is -0.139. The number of hydrogen-bond acceptors (Lipinski definition) is 3. The molecular weight excluding hydrogens is 232 g/mol. The predicted octanol–water partition coefficient (Wildman–Crippen LogP) is 0.537. The number of amides is 1. The molecule has 0 fully saturated rings. The Morgan fingerprint density at radius 1 is 1.28 bits per heavy atom. The average molecular weight is 250 g/mol. The highest BCUT2D eigenvalue weighted by Crippen LogP contribution is 2.01. The number of carbonyl (C=O) groups is 2. The van der Waals surface area contributed by atoms with Gasteiger partial charge in [0, 0.05) is 6.42 Å². The molecule has 1 aromatic carbocycles. The van der Waals surface area contributed by atoms with Crippen molar-refractivity contribution >= 4 is 11.9 Å². The molecule has 1 rings (SSSR count). The maximum Gasteiger partial charge on any atom is 0.320 e. The molecule has 0 radical (unpaired) electrons. The fourth-order valence-electron chi connectivity index (χ4n) is 1.63. The second-order valence-corrected chi connectivity index (χ2v) is 4.09. The van der Waals surface area contributed by atoms with Crippen LogP contribution in [0, 0.1) is 0 Å². The van der Waals surface area contributed by atoms with Crippen LogP contribution < -0.4 is 11.1 Å². The molecule has 0 aliphatic heterocycles. The Balaban J connectivity index is 2.34. The topological polar surface area (TPSA) is 92.4 Å². The minimum atomic E-state index is -0.954. The summed E-state index contributed by atoms with van der Waals surface area (Å²) in [6.45, 7) is 0.555. The Morgan fingerprint density at radius 2 is 1.94 bits per heavy atom. The molecule has 0 aliphatic carbocycles. The van der Waals surface area contributed by atoms with Gasteiger partial charge in [-0.25, -0.2) is 0 Å². The molecule has 0 aromatic heterocycles. The van der Waals surface area contributed by atoms with Gasteiger partial charge in [0.1, 0.15) is 6.04 Å². The predicted molar refractivity (Wildman–Crippen MR) is 68.0 cm³/mol. The molecule has 0 saturated heterocycles. The van der Waals surface area contributed by atoms with E-state index in [1.54, 1.807) is 0 Å². The van der Waals surface area contributed by atoms with Crippen LogP contribution in [0.3, 0.4) is 0 Å². The normalized spacial score (nSPS) is 12.0. The van der Waals surface area contributed by atoms with Gasteiger partial charge in [0.2, 0.25) is 5.91 Å². The molecule has 0 saturated carbocycles. The number of primary amides is 1. The van der Waals surface area contributed by atoms with E-state index in [2.05, 4.69) is 5.32 Å². The van der Waals surface area contributed by atoms with Crippen molar-refractivity contribution in [3.8, 4) is 0 Å². The first-order chi connectivity index (χ1) is 8.59. The molecule has 0 aliphatic rings. The van der Waals surface area contributed by atoms with E-state index in [0.29, 0.717) is 6.54 Å². The monoisotopic (exact) mass is 250 g/mol. The fourth-order valence-corrected chi connectivity index (χ4v) is 1.63. The molecule has 0 bridgehead atoms. The van der Waals surface area contributed by atoms with Crippen LogP contribution in [0.15, 0.2) is 30.3 Å². The van der Waals surface area contributed by atoms with Crippen LogP contribution in [0.4, 0.5) is 0 Å². The summed E-state index contributed by atoms with van der Waals surface area (Å²) in [6, 6.07) is 9.07. The van der Waals surface area contributed by atoms with Gasteiger partial charge >= 0.3 is 5.97 Å². The summed E-state index contributed by atoms with van der Waals surface area (Å²) in [5.41, 5.74) is 6.14. The second kappa shape index (κ2) is 7.45. The van der Waals surface area contributed by atoms with Crippen LogP contribution in [-0.4, -0.2) is 29.6 Å². The van der Waals surface area contributed by atoms with Gasteiger partial charge in [-0.05, 0) is 24.9 Å². The third-order valence-electron chi connectivity index (χ3n) is 2.62. The van der Waals surface area contributed by atoms with E-state index in [1.165, 1.54) is 0 Å². The van der Waals surface area contributed by atoms with E-state index in [9.17, 15) is 9.59 Å². The van der Waals surface area contributed by atoms with Gasteiger partial charge in [0.25, 0.3) is 0 Å². The van der Waals surface area contributed by atoms with E-state index in [-0.39, 0.29) is 12.8 Å². The Labute approximate surface area is 106 Å². The first-order valence-electron chi connectivity index (χ1n) is 5.88. The first kappa shape index (κ1) is 14.2. The van der Waals surface area contributed by atoms with Crippen LogP contribution in [0.2, 0.25) is 0 Å². The van der Waals surface area contributed by atoms with E-state index >= 15 is 0 Å². The summed E-state index contributed by atoms with van der Waals surface area (Å²) in [7, 11) is 0. The zero-order chi connectivity index (χ0) is 13.4. The summed E-state index contributed by atoms with van der Waals surface area (Å²) >= 11 is 0. The van der Waals surface area contributed by atoms with Crippen molar-refractivity contribution in [1.29, 1.82) is 0 Å². The number of nitrogens with one attached hydrogen (secondary N) is 1. The Kier molecular flexibility index (Phi) is 5.87. The van der Waals surface area contributed by atoms with Crippen molar-refractivity contribution in [3.63, 3.8) is 0 Å². The van der Waals surface area contributed by atoms with Crippen LogP contribution in [-0.2, 0) is 16.0 Å². The van der Waals surface area contributed by atoms with Crippen molar-refractivity contribution in [1.82, 2.24) is 5.32 Å². The SMILES string of the molecule is NC(=O)CC[C@H](NCCc1ccccc1)C(=O)O. The number of carboxylic acid groups (broad SMARTS) is 1. The lowest BCUT2D eigenvalue weighted by Crippen LogP contribution is -2.38. The van der Waals surface area contributed by atoms with E-state index in [1.807, 2.05) is 30.3 Å². The molecule has 5 nitrogen and oxygen atoms in total. The van der Waals surface area contributed by atoms with E-state index < -0.39 is 17.9 Å². The summed E-state index contributed by atoms with van der Waals surface area (Å²) in [4.78, 5) is 21.6. The molecule has 0 heterocycles. The highest BCUT2D eigenvalue weighted by atomic mass is 16.4. The van der Waals surface area contributed by atoms with Crippen molar-refractivity contribution in [2.24, 2.45) is 5.73 Å². The fraction of sp³-hybridized carbons (Fsp3) is 0.385. The second-order valence-electron chi connectivity index (χ2n) is 4.09. The van der Waals surface area contributed by atoms with E-state index in [0.717, 1.165) is 12.0 Å². The number of carboxylic acids is 1. The zero-order valence-corrected chi connectivity index (χ0v) is 10.1. The summed E-state index contributed by atoms with van der Waals surface area (Å²) in [5, 5.41) is 11.9. The van der Waals surface area contributed by atoms with Gasteiger partial charge in [0.15, 0.2) is 0 Å². The smallest absolute Gasteiger partial charge is 0.320 e. The van der Waals surface area contributed by atoms with Gasteiger partial charge in [-0.2, -0.15) is 0 Å². The number of carbonyl (C=O) groups excluding carboxylic acids is 1. The number of aliphatic carboxylic acids is 1. The molecule has 5 heteroatoms. The number of rotatable bonds is 8. The van der Waals surface area contributed by atoms with E-state index in [4.69, 9.17) is 10.8 Å². The minimum absolute atomic E-state index is 0.0787. The molecule has 1 aromatic rings. The van der Waals surface area contributed by atoms with Crippen LogP contribution in [0.5, 0.6) is 0 Å². The van der Waals surface area contributed by atoms with Gasteiger partial charge in [0.05, 0.1) is 0 Å². The third-order valence-corrected chi connectivity index (χ3v) is 2.62. The van der Waals surface area contributed by atoms with Crippen LogP contribution in [0.1, 0.15) is 18.4 Å². The Morgan fingerprint density at radius 3 is 2.50 bits per heavy atom. The van der Waals surface area contributed by atoms with Gasteiger partial charge in [-0.15, -0.1) is 0 Å². The Hall–Kier alpha value is -1.88. The average Bonchev–Trinajstić information content (AvgIpc) is 2.34. The molecule has 0 unspecified atom stereocenters. The number of benzene rings is 1. The van der Waals surface area contributed by atoms with Gasteiger partial charge in [-0.3, -0.25) is 9.59 Å². The molecule has 1 amide bonds. The standard InChI is InChI=1S/C13H18N2O3/c14-12(16)7-6-11(13(17)18)15-9-8-10-4-2-1-3-5-10/h1-5,11,15H,6-9H2,(H2,14,16)(H,17,18)/t11-/m0/s1. The number of hydrogen-bond donors (Lipinski definition) is 3. The molecule has 18 heavy (non-hydrogen) atoms. The molecule has 0 spiro atoms. The summed E-state index contributed by atoms with van der Waals surface area (Å²) in [5.74, 6) is -1.43. The highest BCUT2D eigenvalue weighted by Gasteiger charge is 2.16. The largest absolute Gasteiger partial charge is 0.480 e. The minimum Gasteiger partial charge on any atom is -0.480 e. The van der Waals surface area contributed by atoms with Crippen LogP contribution >= 0.6 is 0 Å². The van der Waals surface area contributed by atoms with Crippen molar-refractivity contribution in [2.45, 2.75) is 25.3 Å². The van der Waals surface area contributed by atoms with Crippen LogP contribution in [0.25, 0.3) is 0 Å². The lowest BCUT2D eigenvalue weighted by Gasteiger charge is -2.13. The quantitative estimate of drug-likeness (QED) is 0.627. The van der Waals surface area contributed by atoms with Gasteiger partial charge in [-0.1, -0.05) is 30.3 Å². The maximum absolute atomic E-state index is 10.9. The lowest BCUT2D eigenvalue weighted by atomic mass is 10.1. The molecular formula is C13H18N2O3. The van der Waals surface area contributed by atoms with Gasteiger partial charge < -0.3 is 16.2 Å². The van der Waals surface area contributed by atoms with Crippen molar-refractivity contribution in [3.05, 3.63) is 35.9 Å². The molecule has 4 N–H and O–H groups in total. The van der Waals surface area contributed by atoms with Crippen molar-refractivity contribution in [2.75, 3.05) is 6.54 Å².